The lowest BCUT2D eigenvalue weighted by molar-refractivity contribution is 0.262. The zero-order valence-corrected chi connectivity index (χ0v) is 8.94. The van der Waals surface area contributed by atoms with Crippen molar-refractivity contribution in [3.8, 4) is 5.75 Å². The van der Waals surface area contributed by atoms with E-state index < -0.39 is 6.04 Å². The number of aliphatic hydroxyl groups excluding tert-OH is 1. The Morgan fingerprint density at radius 3 is 2.80 bits per heavy atom. The number of para-hydroxylation sites is 1. The number of ether oxygens (including phenoxy) is 1. The zero-order chi connectivity index (χ0) is 11.3. The number of benzene rings is 1. The summed E-state index contributed by atoms with van der Waals surface area (Å²) in [6, 6.07) is 7.05. The highest BCUT2D eigenvalue weighted by Gasteiger charge is 2.10. The Balaban J connectivity index is 2.81. The largest absolute Gasteiger partial charge is 0.489 e. The van der Waals surface area contributed by atoms with E-state index in [1.165, 1.54) is 0 Å². The van der Waals surface area contributed by atoms with Gasteiger partial charge in [0.1, 0.15) is 12.4 Å². The van der Waals surface area contributed by atoms with Gasteiger partial charge in [0, 0.05) is 5.56 Å². The van der Waals surface area contributed by atoms with Crippen LogP contribution in [0.25, 0.3) is 0 Å². The second-order valence-electron chi connectivity index (χ2n) is 3.57. The van der Waals surface area contributed by atoms with Crippen LogP contribution in [0.1, 0.15) is 18.5 Å². The predicted octanol–water partition coefficient (Wildman–Crippen LogP) is 1.63. The van der Waals surface area contributed by atoms with Gasteiger partial charge in [0.05, 0.1) is 12.6 Å². The van der Waals surface area contributed by atoms with Crippen molar-refractivity contribution in [2.75, 3.05) is 13.2 Å². The molecule has 1 atom stereocenters. The van der Waals surface area contributed by atoms with Crippen molar-refractivity contribution in [3.63, 3.8) is 0 Å². The van der Waals surface area contributed by atoms with E-state index in [1.54, 1.807) is 0 Å². The molecule has 0 aliphatic heterocycles. The third kappa shape index (κ3) is 3.38. The number of hydrogen-bond donors (Lipinski definition) is 2. The lowest BCUT2D eigenvalue weighted by Crippen LogP contribution is -2.16. The Kier molecular flexibility index (Phi) is 4.34. The van der Waals surface area contributed by atoms with Gasteiger partial charge in [0.15, 0.2) is 0 Å². The average Bonchev–Trinajstić information content (AvgIpc) is 2.25. The van der Waals surface area contributed by atoms with Gasteiger partial charge in [-0.1, -0.05) is 24.8 Å². The molecule has 0 aliphatic rings. The molecule has 0 aromatic heterocycles. The monoisotopic (exact) mass is 207 g/mol. The topological polar surface area (TPSA) is 55.5 Å². The van der Waals surface area contributed by atoms with E-state index in [9.17, 15) is 0 Å². The van der Waals surface area contributed by atoms with E-state index in [0.717, 1.165) is 11.1 Å². The van der Waals surface area contributed by atoms with Gasteiger partial charge in [-0.2, -0.15) is 0 Å². The molecule has 3 heteroatoms. The number of nitrogens with two attached hydrogens (primary N) is 1. The molecule has 0 bridgehead atoms. The lowest BCUT2D eigenvalue weighted by Gasteiger charge is -2.14. The van der Waals surface area contributed by atoms with E-state index in [0.29, 0.717) is 12.4 Å². The normalized spacial score (nSPS) is 12.2. The molecule has 0 radical (unpaired) electrons. The molecule has 82 valence electrons. The summed E-state index contributed by atoms with van der Waals surface area (Å²) < 4.78 is 5.53. The van der Waals surface area contributed by atoms with Crippen molar-refractivity contribution in [3.05, 3.63) is 42.0 Å². The van der Waals surface area contributed by atoms with Gasteiger partial charge in [-0.3, -0.25) is 0 Å². The fraction of sp³-hybridized carbons (Fsp3) is 0.333. The minimum Gasteiger partial charge on any atom is -0.489 e. The van der Waals surface area contributed by atoms with Crippen molar-refractivity contribution < 1.29 is 9.84 Å². The quantitative estimate of drug-likeness (QED) is 0.721. The van der Waals surface area contributed by atoms with E-state index in [1.807, 2.05) is 31.2 Å². The predicted molar refractivity (Wildman–Crippen MR) is 60.8 cm³/mol. The first-order valence-electron chi connectivity index (χ1n) is 4.87. The molecule has 1 rings (SSSR count). The fourth-order valence-electron chi connectivity index (χ4n) is 1.22. The number of rotatable bonds is 5. The average molecular weight is 207 g/mol. The second kappa shape index (κ2) is 5.53. The van der Waals surface area contributed by atoms with E-state index in [4.69, 9.17) is 15.6 Å². The SMILES string of the molecule is C=C(C)COc1ccccc1[C@@H](N)CO. The molecule has 0 unspecified atom stereocenters. The van der Waals surface area contributed by atoms with Crippen LogP contribution in [0, 0.1) is 0 Å². The Morgan fingerprint density at radius 1 is 1.53 bits per heavy atom. The van der Waals surface area contributed by atoms with Gasteiger partial charge in [-0.15, -0.1) is 0 Å². The Labute approximate surface area is 90.2 Å². The number of hydrogen-bond acceptors (Lipinski definition) is 3. The van der Waals surface area contributed by atoms with E-state index >= 15 is 0 Å². The van der Waals surface area contributed by atoms with Gasteiger partial charge in [0.2, 0.25) is 0 Å². The lowest BCUT2D eigenvalue weighted by atomic mass is 10.1. The van der Waals surface area contributed by atoms with Gasteiger partial charge in [-0.25, -0.2) is 0 Å². The van der Waals surface area contributed by atoms with E-state index in [2.05, 4.69) is 6.58 Å². The Bertz CT molecular complexity index is 336. The van der Waals surface area contributed by atoms with Crippen LogP contribution >= 0.6 is 0 Å². The minimum atomic E-state index is -0.397. The van der Waals surface area contributed by atoms with Crippen molar-refractivity contribution in [1.82, 2.24) is 0 Å². The summed E-state index contributed by atoms with van der Waals surface area (Å²) >= 11 is 0. The molecule has 1 aromatic carbocycles. The number of aliphatic hydroxyl groups is 1. The van der Waals surface area contributed by atoms with Crippen molar-refractivity contribution in [2.45, 2.75) is 13.0 Å². The highest BCUT2D eigenvalue weighted by atomic mass is 16.5. The molecule has 0 saturated carbocycles. The van der Waals surface area contributed by atoms with Crippen LogP contribution in [0.3, 0.4) is 0 Å². The molecule has 0 aliphatic carbocycles. The highest BCUT2D eigenvalue weighted by molar-refractivity contribution is 5.36. The minimum absolute atomic E-state index is 0.0898. The van der Waals surface area contributed by atoms with Crippen LogP contribution in [0.15, 0.2) is 36.4 Å². The second-order valence-corrected chi connectivity index (χ2v) is 3.57. The van der Waals surface area contributed by atoms with Crippen molar-refractivity contribution in [1.29, 1.82) is 0 Å². The van der Waals surface area contributed by atoms with Crippen LogP contribution in [0.2, 0.25) is 0 Å². The van der Waals surface area contributed by atoms with Crippen LogP contribution in [0.5, 0.6) is 5.75 Å². The maximum atomic E-state index is 8.99. The van der Waals surface area contributed by atoms with Crippen LogP contribution < -0.4 is 10.5 Å². The van der Waals surface area contributed by atoms with Crippen molar-refractivity contribution >= 4 is 0 Å². The first-order valence-corrected chi connectivity index (χ1v) is 4.87. The molecule has 15 heavy (non-hydrogen) atoms. The molecular formula is C12H17NO2. The molecular weight excluding hydrogens is 190 g/mol. The molecule has 3 N–H and O–H groups in total. The maximum Gasteiger partial charge on any atom is 0.124 e. The van der Waals surface area contributed by atoms with Gasteiger partial charge >= 0.3 is 0 Å². The van der Waals surface area contributed by atoms with Crippen LogP contribution in [-0.4, -0.2) is 18.3 Å². The summed E-state index contributed by atoms with van der Waals surface area (Å²) in [5, 5.41) is 8.99. The van der Waals surface area contributed by atoms with Crippen LogP contribution in [-0.2, 0) is 0 Å². The maximum absolute atomic E-state index is 8.99. The third-order valence-electron chi connectivity index (χ3n) is 1.99. The summed E-state index contributed by atoms with van der Waals surface area (Å²) in [6.45, 7) is 6.03. The Hall–Kier alpha value is -1.32. The summed E-state index contributed by atoms with van der Waals surface area (Å²) in [7, 11) is 0. The standard InChI is InChI=1S/C12H17NO2/c1-9(2)8-15-12-6-4-3-5-10(12)11(13)7-14/h3-6,11,14H,1,7-8,13H2,2H3/t11-/m0/s1. The summed E-state index contributed by atoms with van der Waals surface area (Å²) in [5.74, 6) is 0.710. The molecule has 1 aromatic rings. The van der Waals surface area contributed by atoms with Crippen LogP contribution in [0.4, 0.5) is 0 Å². The third-order valence-corrected chi connectivity index (χ3v) is 1.99. The van der Waals surface area contributed by atoms with Gasteiger partial charge in [-0.05, 0) is 18.6 Å². The first kappa shape index (κ1) is 11.8. The first-order chi connectivity index (χ1) is 7.15. The summed E-state index contributed by atoms with van der Waals surface area (Å²) in [6.07, 6.45) is 0. The van der Waals surface area contributed by atoms with Gasteiger partial charge < -0.3 is 15.6 Å². The van der Waals surface area contributed by atoms with Gasteiger partial charge in [0.25, 0.3) is 0 Å². The molecule has 0 amide bonds. The molecule has 0 heterocycles. The fourth-order valence-corrected chi connectivity index (χ4v) is 1.22. The smallest absolute Gasteiger partial charge is 0.124 e. The molecule has 0 spiro atoms. The summed E-state index contributed by atoms with van der Waals surface area (Å²) in [5.41, 5.74) is 7.52. The highest BCUT2D eigenvalue weighted by Crippen LogP contribution is 2.23. The zero-order valence-electron chi connectivity index (χ0n) is 8.94. The molecule has 3 nitrogen and oxygen atoms in total. The van der Waals surface area contributed by atoms with E-state index in [-0.39, 0.29) is 6.61 Å². The summed E-state index contributed by atoms with van der Waals surface area (Å²) in [4.78, 5) is 0. The molecule has 0 saturated heterocycles. The molecule has 0 fully saturated rings. The van der Waals surface area contributed by atoms with Crippen molar-refractivity contribution in [2.24, 2.45) is 5.73 Å². The Morgan fingerprint density at radius 2 is 2.20 bits per heavy atom.